The highest BCUT2D eigenvalue weighted by Crippen LogP contribution is 2.12. The first-order valence-corrected chi connectivity index (χ1v) is 5.56. The van der Waals surface area contributed by atoms with Crippen LogP contribution in [0.5, 0.6) is 0 Å². The largest absolute Gasteiger partial charge is 0.383 e. The van der Waals surface area contributed by atoms with Gasteiger partial charge in [0.2, 0.25) is 0 Å². The fourth-order valence-corrected chi connectivity index (χ4v) is 2.29. The number of halogens is 1. The number of rotatable bonds is 5. The molecule has 0 aliphatic carbocycles. The van der Waals surface area contributed by atoms with Gasteiger partial charge in [-0.2, -0.15) is 0 Å². The number of alkyl halides is 1. The molecule has 0 spiro atoms. The smallest absolute Gasteiger partial charge is 0.0622 e. The van der Waals surface area contributed by atoms with Gasteiger partial charge in [0.15, 0.2) is 0 Å². The predicted molar refractivity (Wildman–Crippen MR) is 56.4 cm³/mol. The van der Waals surface area contributed by atoms with Crippen LogP contribution in [-0.2, 0) is 9.47 Å². The van der Waals surface area contributed by atoms with Crippen LogP contribution in [0.2, 0.25) is 0 Å². The topological polar surface area (TPSA) is 21.7 Å². The van der Waals surface area contributed by atoms with Crippen molar-refractivity contribution >= 4 is 15.9 Å². The molecule has 3 nitrogen and oxygen atoms in total. The Morgan fingerprint density at radius 2 is 2.46 bits per heavy atom. The lowest BCUT2D eigenvalue weighted by atomic mass is 10.2. The van der Waals surface area contributed by atoms with Crippen LogP contribution >= 0.6 is 15.9 Å². The predicted octanol–water partition coefficient (Wildman–Crippen LogP) is 1.12. The molecule has 0 bridgehead atoms. The number of methoxy groups -OCH3 is 1. The van der Waals surface area contributed by atoms with E-state index in [4.69, 9.17) is 9.47 Å². The lowest BCUT2D eigenvalue weighted by Crippen LogP contribution is -2.37. The van der Waals surface area contributed by atoms with Crippen molar-refractivity contribution in [1.29, 1.82) is 0 Å². The molecule has 13 heavy (non-hydrogen) atoms. The lowest BCUT2D eigenvalue weighted by Gasteiger charge is -2.24. The fraction of sp³-hybridized carbons (Fsp3) is 1.00. The van der Waals surface area contributed by atoms with Gasteiger partial charge < -0.3 is 9.47 Å². The van der Waals surface area contributed by atoms with E-state index in [1.54, 1.807) is 7.11 Å². The summed E-state index contributed by atoms with van der Waals surface area (Å²) in [5.41, 5.74) is 0. The first-order valence-electron chi connectivity index (χ1n) is 4.65. The molecule has 1 fully saturated rings. The Morgan fingerprint density at radius 1 is 1.69 bits per heavy atom. The quantitative estimate of drug-likeness (QED) is 0.684. The summed E-state index contributed by atoms with van der Waals surface area (Å²) >= 11 is 3.58. The lowest BCUT2D eigenvalue weighted by molar-refractivity contribution is 0.146. The van der Waals surface area contributed by atoms with Crippen LogP contribution in [0.25, 0.3) is 0 Å². The minimum atomic E-state index is 0.420. The van der Waals surface area contributed by atoms with E-state index >= 15 is 0 Å². The Kier molecular flexibility index (Phi) is 5.24. The van der Waals surface area contributed by atoms with Crippen LogP contribution in [0.15, 0.2) is 0 Å². The first kappa shape index (κ1) is 11.4. The van der Waals surface area contributed by atoms with Gasteiger partial charge in [-0.15, -0.1) is 0 Å². The standard InChI is InChI=1S/C9H18BrNO2/c1-11(5-8(10)6-12-2)9-3-4-13-7-9/h8-9H,3-7H2,1-2H3. The molecule has 4 heteroatoms. The zero-order valence-corrected chi connectivity index (χ0v) is 9.92. The van der Waals surface area contributed by atoms with Crippen molar-refractivity contribution in [3.05, 3.63) is 0 Å². The maximum Gasteiger partial charge on any atom is 0.0622 e. The highest BCUT2D eigenvalue weighted by atomic mass is 79.9. The number of nitrogens with zero attached hydrogens (tertiary/aromatic N) is 1. The van der Waals surface area contributed by atoms with Gasteiger partial charge in [0.05, 0.1) is 18.0 Å². The average molecular weight is 252 g/mol. The van der Waals surface area contributed by atoms with Gasteiger partial charge in [-0.1, -0.05) is 15.9 Å². The molecule has 1 heterocycles. The molecular formula is C9H18BrNO2. The molecule has 2 unspecified atom stereocenters. The summed E-state index contributed by atoms with van der Waals surface area (Å²) < 4.78 is 10.4. The molecule has 1 rings (SSSR count). The Morgan fingerprint density at radius 3 is 3.00 bits per heavy atom. The molecule has 0 radical (unpaired) electrons. The maximum atomic E-state index is 5.33. The molecule has 1 aliphatic heterocycles. The Bertz CT molecular complexity index is 140. The Balaban J connectivity index is 2.18. The van der Waals surface area contributed by atoms with Crippen molar-refractivity contribution in [2.75, 3.05) is 40.5 Å². The highest BCUT2D eigenvalue weighted by molar-refractivity contribution is 9.09. The molecule has 1 saturated heterocycles. The summed E-state index contributed by atoms with van der Waals surface area (Å²) in [4.78, 5) is 2.76. The van der Waals surface area contributed by atoms with E-state index in [2.05, 4.69) is 27.9 Å². The van der Waals surface area contributed by atoms with E-state index in [9.17, 15) is 0 Å². The van der Waals surface area contributed by atoms with Gasteiger partial charge >= 0.3 is 0 Å². The van der Waals surface area contributed by atoms with Gasteiger partial charge in [-0.25, -0.2) is 0 Å². The minimum Gasteiger partial charge on any atom is -0.383 e. The molecule has 78 valence electrons. The van der Waals surface area contributed by atoms with Crippen LogP contribution in [-0.4, -0.2) is 56.3 Å². The van der Waals surface area contributed by atoms with Crippen LogP contribution < -0.4 is 0 Å². The number of hydrogen-bond donors (Lipinski definition) is 0. The van der Waals surface area contributed by atoms with E-state index in [0.29, 0.717) is 10.9 Å². The summed E-state index contributed by atoms with van der Waals surface area (Å²) in [5, 5.41) is 0. The molecular weight excluding hydrogens is 234 g/mol. The molecule has 1 aliphatic rings. The van der Waals surface area contributed by atoms with Crippen molar-refractivity contribution < 1.29 is 9.47 Å². The zero-order valence-electron chi connectivity index (χ0n) is 8.33. The van der Waals surface area contributed by atoms with E-state index < -0.39 is 0 Å². The molecule has 0 aromatic heterocycles. The van der Waals surface area contributed by atoms with Gasteiger partial charge in [0.1, 0.15) is 0 Å². The van der Waals surface area contributed by atoms with Crippen LogP contribution in [0, 0.1) is 0 Å². The van der Waals surface area contributed by atoms with Gasteiger partial charge in [0, 0.05) is 26.3 Å². The molecule has 0 N–H and O–H groups in total. The highest BCUT2D eigenvalue weighted by Gasteiger charge is 2.21. The third-order valence-corrected chi connectivity index (χ3v) is 2.92. The van der Waals surface area contributed by atoms with E-state index in [0.717, 1.165) is 32.8 Å². The molecule has 2 atom stereocenters. The molecule has 0 aromatic carbocycles. The number of ether oxygens (including phenoxy) is 2. The van der Waals surface area contributed by atoms with E-state index in [1.165, 1.54) is 0 Å². The molecule has 0 amide bonds. The van der Waals surface area contributed by atoms with Crippen molar-refractivity contribution in [3.63, 3.8) is 0 Å². The second-order valence-electron chi connectivity index (χ2n) is 3.51. The van der Waals surface area contributed by atoms with Gasteiger partial charge in [-0.05, 0) is 13.5 Å². The van der Waals surface area contributed by atoms with Crippen molar-refractivity contribution in [2.24, 2.45) is 0 Å². The third kappa shape index (κ3) is 3.94. The SMILES string of the molecule is COCC(Br)CN(C)C1CCOC1. The molecule has 0 saturated carbocycles. The maximum absolute atomic E-state index is 5.33. The Labute approximate surface area is 88.5 Å². The summed E-state index contributed by atoms with van der Waals surface area (Å²) in [7, 11) is 3.87. The minimum absolute atomic E-state index is 0.420. The average Bonchev–Trinajstić information content (AvgIpc) is 2.55. The van der Waals surface area contributed by atoms with Gasteiger partial charge in [0.25, 0.3) is 0 Å². The number of likely N-dealkylation sites (N-methyl/N-ethyl adjacent to an activating group) is 1. The summed E-state index contributed by atoms with van der Waals surface area (Å²) in [6, 6.07) is 0.594. The zero-order chi connectivity index (χ0) is 9.68. The van der Waals surface area contributed by atoms with Crippen molar-refractivity contribution in [2.45, 2.75) is 17.3 Å². The van der Waals surface area contributed by atoms with Crippen LogP contribution in [0.3, 0.4) is 0 Å². The van der Waals surface area contributed by atoms with E-state index in [-0.39, 0.29) is 0 Å². The third-order valence-electron chi connectivity index (χ3n) is 2.36. The summed E-state index contributed by atoms with van der Waals surface area (Å²) in [6.07, 6.45) is 1.16. The number of hydrogen-bond acceptors (Lipinski definition) is 3. The summed E-state index contributed by atoms with van der Waals surface area (Å²) in [6.45, 7) is 3.56. The monoisotopic (exact) mass is 251 g/mol. The second kappa shape index (κ2) is 5.96. The first-order chi connectivity index (χ1) is 6.24. The molecule has 0 aromatic rings. The van der Waals surface area contributed by atoms with Crippen molar-refractivity contribution in [3.8, 4) is 0 Å². The normalized spacial score (nSPS) is 25.4. The second-order valence-corrected chi connectivity index (χ2v) is 4.80. The van der Waals surface area contributed by atoms with Crippen LogP contribution in [0.1, 0.15) is 6.42 Å². The summed E-state index contributed by atoms with van der Waals surface area (Å²) in [5.74, 6) is 0. The van der Waals surface area contributed by atoms with Crippen LogP contribution in [0.4, 0.5) is 0 Å². The fourth-order valence-electron chi connectivity index (χ4n) is 1.56. The van der Waals surface area contributed by atoms with Crippen molar-refractivity contribution in [1.82, 2.24) is 4.90 Å². The van der Waals surface area contributed by atoms with Gasteiger partial charge in [-0.3, -0.25) is 4.90 Å². The Hall–Kier alpha value is 0.360. The van der Waals surface area contributed by atoms with E-state index in [1.807, 2.05) is 0 Å².